The number of fused-ring (bicyclic) bond motifs is 5. The van der Waals surface area contributed by atoms with Gasteiger partial charge in [-0.05, 0) is 92.3 Å². The van der Waals surface area contributed by atoms with Gasteiger partial charge in [0.05, 0.1) is 6.10 Å². The van der Waals surface area contributed by atoms with Crippen molar-refractivity contribution in [2.24, 2.45) is 40.4 Å². The molecule has 4 aliphatic carbocycles. The SMILES string of the molecule is CCN(C)C(=O)CCCCCCCCC1C[C@]2(C)C(O)CC[C@H]2[C@@H]2CCC3CC(=O)CC[C@]3(C)[C@H]12. The molecule has 0 spiro atoms. The number of hydrogen-bond donors (Lipinski definition) is 1. The van der Waals surface area contributed by atoms with Gasteiger partial charge < -0.3 is 10.0 Å². The van der Waals surface area contributed by atoms with Crippen LogP contribution in [0.5, 0.6) is 0 Å². The molecule has 0 saturated heterocycles. The molecule has 4 fully saturated rings. The van der Waals surface area contributed by atoms with E-state index in [1.54, 1.807) is 0 Å². The van der Waals surface area contributed by atoms with Crippen LogP contribution in [0.4, 0.5) is 0 Å². The average Bonchev–Trinajstić information content (AvgIpc) is 3.14. The Kier molecular flexibility index (Phi) is 8.71. The maximum Gasteiger partial charge on any atom is 0.222 e. The highest BCUT2D eigenvalue weighted by atomic mass is 16.3. The molecule has 4 rings (SSSR count). The van der Waals surface area contributed by atoms with Crippen molar-refractivity contribution in [3.8, 4) is 0 Å². The number of aliphatic hydroxyl groups excluding tert-OH is 1. The number of amides is 1. The molecule has 4 heteroatoms. The third-order valence-electron chi connectivity index (χ3n) is 11.6. The Morgan fingerprint density at radius 3 is 2.46 bits per heavy atom. The Morgan fingerprint density at radius 2 is 1.71 bits per heavy atom. The van der Waals surface area contributed by atoms with E-state index in [2.05, 4.69) is 13.8 Å². The molecular weight excluding hydrogens is 434 g/mol. The summed E-state index contributed by atoms with van der Waals surface area (Å²) in [7, 11) is 1.89. The maximum absolute atomic E-state index is 12.3. The number of aliphatic hydroxyl groups is 1. The molecule has 1 amide bonds. The molecule has 0 aromatic carbocycles. The number of ketones is 1. The first kappa shape index (κ1) is 27.1. The molecule has 0 aromatic heterocycles. The summed E-state index contributed by atoms with van der Waals surface area (Å²) < 4.78 is 0. The number of Topliss-reactive ketones (excluding diaryl/α,β-unsaturated/α-hetero) is 1. The van der Waals surface area contributed by atoms with Gasteiger partial charge in [0, 0.05) is 32.9 Å². The molecule has 200 valence electrons. The first-order valence-electron chi connectivity index (χ1n) is 15.1. The second kappa shape index (κ2) is 11.2. The number of nitrogens with zero attached hydrogens (tertiary/aromatic N) is 1. The molecule has 4 aliphatic rings. The second-order valence-electron chi connectivity index (χ2n) is 13.5. The van der Waals surface area contributed by atoms with Crippen LogP contribution in [0.1, 0.15) is 124 Å². The van der Waals surface area contributed by atoms with Crippen molar-refractivity contribution in [2.45, 2.75) is 130 Å². The number of rotatable bonds is 10. The van der Waals surface area contributed by atoms with Crippen LogP contribution in [-0.4, -0.2) is 41.4 Å². The minimum absolute atomic E-state index is 0.109. The minimum Gasteiger partial charge on any atom is -0.393 e. The third kappa shape index (κ3) is 5.39. The number of hydrogen-bond acceptors (Lipinski definition) is 3. The predicted octanol–water partition coefficient (Wildman–Crippen LogP) is 6.78. The molecule has 4 nitrogen and oxygen atoms in total. The van der Waals surface area contributed by atoms with Crippen LogP contribution in [0.25, 0.3) is 0 Å². The van der Waals surface area contributed by atoms with Gasteiger partial charge in [-0.3, -0.25) is 9.59 Å². The van der Waals surface area contributed by atoms with Gasteiger partial charge in [0.2, 0.25) is 5.91 Å². The minimum atomic E-state index is -0.121. The van der Waals surface area contributed by atoms with E-state index < -0.39 is 0 Å². The zero-order valence-electron chi connectivity index (χ0n) is 23.2. The zero-order valence-corrected chi connectivity index (χ0v) is 23.2. The first-order valence-corrected chi connectivity index (χ1v) is 15.1. The van der Waals surface area contributed by atoms with E-state index in [0.717, 1.165) is 56.9 Å². The normalized spacial score (nSPS) is 40.7. The molecule has 3 unspecified atom stereocenters. The van der Waals surface area contributed by atoms with Crippen LogP contribution in [-0.2, 0) is 9.59 Å². The maximum atomic E-state index is 12.3. The van der Waals surface area contributed by atoms with E-state index in [1.807, 2.05) is 18.9 Å². The molecule has 0 heterocycles. The van der Waals surface area contributed by atoms with Crippen LogP contribution in [0.15, 0.2) is 0 Å². The fraction of sp³-hybridized carbons (Fsp3) is 0.935. The van der Waals surface area contributed by atoms with E-state index >= 15 is 0 Å². The fourth-order valence-corrected chi connectivity index (χ4v) is 9.46. The smallest absolute Gasteiger partial charge is 0.222 e. The van der Waals surface area contributed by atoms with Gasteiger partial charge in [-0.2, -0.15) is 0 Å². The van der Waals surface area contributed by atoms with Crippen LogP contribution in [0.3, 0.4) is 0 Å². The largest absolute Gasteiger partial charge is 0.393 e. The monoisotopic (exact) mass is 487 g/mol. The second-order valence-corrected chi connectivity index (χ2v) is 13.5. The average molecular weight is 488 g/mol. The van der Waals surface area contributed by atoms with Crippen molar-refractivity contribution in [1.29, 1.82) is 0 Å². The summed E-state index contributed by atoms with van der Waals surface area (Å²) in [6.45, 7) is 7.80. The molecule has 0 bridgehead atoms. The van der Waals surface area contributed by atoms with E-state index in [-0.39, 0.29) is 17.4 Å². The standard InChI is InChI=1S/C31H53NO3/c1-5-32(4)28(35)13-11-9-7-6-8-10-12-22-21-31(3)26(16-17-27(31)34)25-15-14-23-20-24(33)18-19-30(23,2)29(22)25/h22-23,25-27,29,34H,5-21H2,1-4H3/t22?,23?,25-,26-,27?,29+,30-,31-/m0/s1. The van der Waals surface area contributed by atoms with Gasteiger partial charge in [0.1, 0.15) is 5.78 Å². The van der Waals surface area contributed by atoms with Gasteiger partial charge in [-0.1, -0.05) is 52.4 Å². The van der Waals surface area contributed by atoms with Crippen molar-refractivity contribution in [1.82, 2.24) is 4.90 Å². The lowest BCUT2D eigenvalue weighted by Crippen LogP contribution is -2.57. The van der Waals surface area contributed by atoms with Crippen molar-refractivity contribution in [3.05, 3.63) is 0 Å². The summed E-state index contributed by atoms with van der Waals surface area (Å²) in [5.41, 5.74) is 0.437. The molecule has 0 aliphatic heterocycles. The highest BCUT2D eigenvalue weighted by Gasteiger charge is 2.62. The van der Waals surface area contributed by atoms with Crippen molar-refractivity contribution in [3.63, 3.8) is 0 Å². The summed E-state index contributed by atoms with van der Waals surface area (Å²) in [6, 6.07) is 0. The fourth-order valence-electron chi connectivity index (χ4n) is 9.46. The Balaban J connectivity index is 1.32. The van der Waals surface area contributed by atoms with Crippen molar-refractivity contribution < 1.29 is 14.7 Å². The third-order valence-corrected chi connectivity index (χ3v) is 11.6. The quantitative estimate of drug-likeness (QED) is 0.345. The molecule has 0 radical (unpaired) electrons. The van der Waals surface area contributed by atoms with E-state index in [1.165, 1.54) is 57.8 Å². The zero-order chi connectivity index (χ0) is 25.2. The van der Waals surface area contributed by atoms with Gasteiger partial charge in [-0.25, -0.2) is 0 Å². The Hall–Kier alpha value is -0.900. The molecule has 8 atom stereocenters. The lowest BCUT2D eigenvalue weighted by Gasteiger charge is -2.62. The molecule has 0 aromatic rings. The molecule has 1 N–H and O–H groups in total. The molecule has 4 saturated carbocycles. The van der Waals surface area contributed by atoms with Crippen LogP contribution < -0.4 is 0 Å². The summed E-state index contributed by atoms with van der Waals surface area (Å²) in [5.74, 6) is 4.27. The van der Waals surface area contributed by atoms with Gasteiger partial charge in [0.15, 0.2) is 0 Å². The molecular formula is C31H53NO3. The topological polar surface area (TPSA) is 57.6 Å². The van der Waals surface area contributed by atoms with Crippen LogP contribution >= 0.6 is 0 Å². The molecule has 35 heavy (non-hydrogen) atoms. The Bertz CT molecular complexity index is 752. The lowest BCUT2D eigenvalue weighted by molar-refractivity contribution is -0.159. The van der Waals surface area contributed by atoms with E-state index in [0.29, 0.717) is 35.4 Å². The number of unbranched alkanes of at least 4 members (excludes halogenated alkanes) is 5. The van der Waals surface area contributed by atoms with Crippen LogP contribution in [0.2, 0.25) is 0 Å². The predicted molar refractivity (Wildman–Crippen MR) is 142 cm³/mol. The van der Waals surface area contributed by atoms with Gasteiger partial charge in [0.25, 0.3) is 0 Å². The van der Waals surface area contributed by atoms with Crippen molar-refractivity contribution >= 4 is 11.7 Å². The van der Waals surface area contributed by atoms with Crippen molar-refractivity contribution in [2.75, 3.05) is 13.6 Å². The van der Waals surface area contributed by atoms with E-state index in [9.17, 15) is 14.7 Å². The highest BCUT2D eigenvalue weighted by molar-refractivity contribution is 5.79. The first-order chi connectivity index (χ1) is 16.7. The Labute approximate surface area is 215 Å². The Morgan fingerprint density at radius 1 is 1.00 bits per heavy atom. The highest BCUT2D eigenvalue weighted by Crippen LogP contribution is 2.68. The van der Waals surface area contributed by atoms with Gasteiger partial charge in [-0.15, -0.1) is 0 Å². The summed E-state index contributed by atoms with van der Waals surface area (Å²) in [4.78, 5) is 26.1. The summed E-state index contributed by atoms with van der Waals surface area (Å²) in [5, 5.41) is 11.0. The van der Waals surface area contributed by atoms with Crippen LogP contribution in [0, 0.1) is 40.4 Å². The summed E-state index contributed by atoms with van der Waals surface area (Å²) in [6.07, 6.45) is 17.8. The van der Waals surface area contributed by atoms with Gasteiger partial charge >= 0.3 is 0 Å². The number of carbonyl (C=O) groups excluding carboxylic acids is 2. The summed E-state index contributed by atoms with van der Waals surface area (Å²) >= 11 is 0. The van der Waals surface area contributed by atoms with E-state index in [4.69, 9.17) is 0 Å². The number of carbonyl (C=O) groups is 2. The lowest BCUT2D eigenvalue weighted by atomic mass is 9.42.